The van der Waals surface area contributed by atoms with E-state index >= 15 is 0 Å². The number of nitrogens with zero attached hydrogens (tertiary/aromatic N) is 2. The first-order chi connectivity index (χ1) is 6.76. The second-order valence-electron chi connectivity index (χ2n) is 4.02. The Bertz CT molecular complexity index is 301. The van der Waals surface area contributed by atoms with Crippen LogP contribution in [0.4, 0.5) is 0 Å². The fraction of sp³-hybridized carbons (Fsp3) is 0.545. The van der Waals surface area contributed by atoms with Gasteiger partial charge in [0.25, 0.3) is 0 Å². The Morgan fingerprint density at radius 2 is 2.43 bits per heavy atom. The number of hydroxylamine groups is 3. The average Bonchev–Trinajstić information content (AvgIpc) is 2.63. The van der Waals surface area contributed by atoms with Crippen LogP contribution in [0.2, 0.25) is 0 Å². The molecule has 0 aliphatic carbocycles. The maximum absolute atomic E-state index is 5.58. The normalized spacial score (nSPS) is 32.0. The van der Waals surface area contributed by atoms with Crippen LogP contribution in [0.25, 0.3) is 0 Å². The van der Waals surface area contributed by atoms with Crippen molar-refractivity contribution in [3.8, 4) is 0 Å². The number of likely N-dealkylation sites (tertiary alicyclic amines) is 1. The molecular formula is C11H17N2O+. The quantitative estimate of drug-likeness (QED) is 0.669. The molecular weight excluding hydrogens is 176 g/mol. The van der Waals surface area contributed by atoms with E-state index in [1.807, 2.05) is 18.5 Å². The molecule has 1 aliphatic rings. The van der Waals surface area contributed by atoms with E-state index in [0.717, 1.165) is 6.54 Å². The smallest absolute Gasteiger partial charge is 0.146 e. The molecule has 0 amide bonds. The third-order valence-electron chi connectivity index (χ3n) is 3.23. The molecule has 0 N–H and O–H groups in total. The molecule has 0 aromatic carbocycles. The van der Waals surface area contributed by atoms with Gasteiger partial charge < -0.3 is 0 Å². The van der Waals surface area contributed by atoms with Crippen LogP contribution in [0.15, 0.2) is 24.5 Å². The summed E-state index contributed by atoms with van der Waals surface area (Å²) in [5, 5.41) is 0. The third kappa shape index (κ3) is 1.53. The van der Waals surface area contributed by atoms with Crippen LogP contribution < -0.4 is 0 Å². The number of hydrogen-bond donors (Lipinski definition) is 0. The zero-order valence-electron chi connectivity index (χ0n) is 8.81. The molecule has 1 aromatic rings. The van der Waals surface area contributed by atoms with Gasteiger partial charge >= 0.3 is 0 Å². The van der Waals surface area contributed by atoms with Crippen molar-refractivity contribution in [2.45, 2.75) is 18.9 Å². The van der Waals surface area contributed by atoms with Gasteiger partial charge in [0.15, 0.2) is 0 Å². The molecule has 2 heterocycles. The van der Waals surface area contributed by atoms with Crippen molar-refractivity contribution in [1.82, 2.24) is 4.98 Å². The monoisotopic (exact) mass is 193 g/mol. The van der Waals surface area contributed by atoms with Gasteiger partial charge in [0.05, 0.1) is 14.2 Å². The molecule has 0 saturated carbocycles. The summed E-state index contributed by atoms with van der Waals surface area (Å²) in [6.45, 7) is 1.09. The molecule has 0 radical (unpaired) electrons. The van der Waals surface area contributed by atoms with Crippen molar-refractivity contribution in [3.05, 3.63) is 30.1 Å². The van der Waals surface area contributed by atoms with Gasteiger partial charge in [-0.2, -0.15) is 4.65 Å². The lowest BCUT2D eigenvalue weighted by Gasteiger charge is -2.31. The van der Waals surface area contributed by atoms with Crippen molar-refractivity contribution < 1.29 is 9.48 Å². The van der Waals surface area contributed by atoms with Crippen LogP contribution in [-0.2, 0) is 4.84 Å². The van der Waals surface area contributed by atoms with E-state index in [1.165, 1.54) is 18.4 Å². The lowest BCUT2D eigenvalue weighted by molar-refractivity contribution is -1.10. The van der Waals surface area contributed by atoms with Crippen LogP contribution in [0.3, 0.4) is 0 Å². The van der Waals surface area contributed by atoms with Crippen molar-refractivity contribution in [3.63, 3.8) is 0 Å². The number of pyridine rings is 1. The minimum atomic E-state index is 0.452. The fourth-order valence-corrected chi connectivity index (χ4v) is 2.30. The summed E-state index contributed by atoms with van der Waals surface area (Å²) in [6.07, 6.45) is 6.18. The standard InChI is InChI=1S/C11H17N2O/c1-13(14-2)8-4-6-11(13)10-5-3-7-12-9-10/h3,5,7,9,11H,4,6,8H2,1-2H3/q+1. The maximum Gasteiger partial charge on any atom is 0.146 e. The van der Waals surface area contributed by atoms with Gasteiger partial charge in [-0.05, 0) is 12.1 Å². The number of rotatable bonds is 2. The van der Waals surface area contributed by atoms with Crippen molar-refractivity contribution in [1.29, 1.82) is 0 Å². The second-order valence-corrected chi connectivity index (χ2v) is 4.02. The van der Waals surface area contributed by atoms with E-state index in [1.54, 1.807) is 7.11 Å². The summed E-state index contributed by atoms with van der Waals surface area (Å²) in [4.78, 5) is 9.74. The molecule has 1 fully saturated rings. The zero-order valence-corrected chi connectivity index (χ0v) is 8.81. The van der Waals surface area contributed by atoms with Gasteiger partial charge in [0, 0.05) is 30.8 Å². The molecule has 14 heavy (non-hydrogen) atoms. The third-order valence-corrected chi connectivity index (χ3v) is 3.23. The van der Waals surface area contributed by atoms with Crippen LogP contribution >= 0.6 is 0 Å². The molecule has 3 nitrogen and oxygen atoms in total. The molecule has 1 saturated heterocycles. The fourth-order valence-electron chi connectivity index (χ4n) is 2.30. The second kappa shape index (κ2) is 3.67. The lowest BCUT2D eigenvalue weighted by Crippen LogP contribution is -2.41. The Balaban J connectivity index is 2.26. The highest BCUT2D eigenvalue weighted by Crippen LogP contribution is 2.36. The summed E-state index contributed by atoms with van der Waals surface area (Å²) in [5.74, 6) is 0. The number of quaternary nitrogens is 1. The van der Waals surface area contributed by atoms with Gasteiger partial charge in [0.2, 0.25) is 0 Å². The first kappa shape index (κ1) is 9.62. The molecule has 3 heteroatoms. The maximum atomic E-state index is 5.58. The van der Waals surface area contributed by atoms with Gasteiger partial charge in [-0.3, -0.25) is 4.98 Å². The molecule has 1 aromatic heterocycles. The Hall–Kier alpha value is -0.930. The van der Waals surface area contributed by atoms with Crippen molar-refractivity contribution in [2.24, 2.45) is 0 Å². The summed E-state index contributed by atoms with van der Waals surface area (Å²) < 4.78 is 0.686. The average molecular weight is 193 g/mol. The highest BCUT2D eigenvalue weighted by atomic mass is 16.7. The molecule has 76 valence electrons. The van der Waals surface area contributed by atoms with E-state index < -0.39 is 0 Å². The predicted molar refractivity (Wildman–Crippen MR) is 54.3 cm³/mol. The molecule has 1 aliphatic heterocycles. The molecule has 2 rings (SSSR count). The van der Waals surface area contributed by atoms with Gasteiger partial charge in [0.1, 0.15) is 12.6 Å². The van der Waals surface area contributed by atoms with Crippen molar-refractivity contribution in [2.75, 3.05) is 20.7 Å². The van der Waals surface area contributed by atoms with Crippen LogP contribution in [-0.4, -0.2) is 30.3 Å². The molecule has 2 unspecified atom stereocenters. The van der Waals surface area contributed by atoms with Crippen LogP contribution in [0.5, 0.6) is 0 Å². The number of hydrogen-bond acceptors (Lipinski definition) is 2. The summed E-state index contributed by atoms with van der Waals surface area (Å²) >= 11 is 0. The first-order valence-electron chi connectivity index (χ1n) is 5.07. The van der Waals surface area contributed by atoms with E-state index in [-0.39, 0.29) is 0 Å². The SMILES string of the molecule is CO[N+]1(C)CCCC1c1cccnc1. The molecule has 0 bridgehead atoms. The Morgan fingerprint density at radius 1 is 1.57 bits per heavy atom. The first-order valence-corrected chi connectivity index (χ1v) is 5.07. The van der Waals surface area contributed by atoms with Gasteiger partial charge in [-0.1, -0.05) is 0 Å². The summed E-state index contributed by atoms with van der Waals surface area (Å²) in [5.41, 5.74) is 1.29. The Kier molecular flexibility index (Phi) is 2.52. The zero-order chi connectivity index (χ0) is 10.0. The molecule has 0 spiro atoms. The molecule has 2 atom stereocenters. The van der Waals surface area contributed by atoms with Crippen LogP contribution in [0, 0.1) is 0 Å². The number of aromatic nitrogens is 1. The Labute approximate surface area is 84.9 Å². The van der Waals surface area contributed by atoms with E-state index in [4.69, 9.17) is 4.84 Å². The minimum absolute atomic E-state index is 0.452. The van der Waals surface area contributed by atoms with Crippen molar-refractivity contribution >= 4 is 0 Å². The van der Waals surface area contributed by atoms with E-state index in [2.05, 4.69) is 18.1 Å². The minimum Gasteiger partial charge on any atom is -0.264 e. The highest BCUT2D eigenvalue weighted by molar-refractivity contribution is 5.12. The predicted octanol–water partition coefficient (Wildman–Crippen LogP) is 1.92. The summed E-state index contributed by atoms with van der Waals surface area (Å²) in [7, 11) is 3.93. The largest absolute Gasteiger partial charge is 0.264 e. The van der Waals surface area contributed by atoms with Gasteiger partial charge in [-0.15, -0.1) is 0 Å². The summed E-state index contributed by atoms with van der Waals surface area (Å²) in [6, 6.07) is 4.58. The van der Waals surface area contributed by atoms with Crippen LogP contribution in [0.1, 0.15) is 24.4 Å². The topological polar surface area (TPSA) is 22.1 Å². The Morgan fingerprint density at radius 3 is 3.07 bits per heavy atom. The van der Waals surface area contributed by atoms with E-state index in [9.17, 15) is 0 Å². The van der Waals surface area contributed by atoms with E-state index in [0.29, 0.717) is 10.7 Å². The lowest BCUT2D eigenvalue weighted by atomic mass is 10.1. The highest BCUT2D eigenvalue weighted by Gasteiger charge is 2.40. The van der Waals surface area contributed by atoms with Gasteiger partial charge in [-0.25, -0.2) is 4.84 Å².